The maximum Gasteiger partial charge on any atom is 0.251 e. The number of aliphatic hydroxyl groups is 2. The van der Waals surface area contributed by atoms with Crippen molar-refractivity contribution in [2.45, 2.75) is 26.1 Å². The van der Waals surface area contributed by atoms with Gasteiger partial charge < -0.3 is 20.8 Å². The number of hydrogen-bond donors (Lipinski definition) is 4. The maximum atomic E-state index is 12.4. The lowest BCUT2D eigenvalue weighted by molar-refractivity contribution is -0.119. The van der Waals surface area contributed by atoms with E-state index in [1.165, 1.54) is 11.8 Å². The van der Waals surface area contributed by atoms with Crippen LogP contribution in [0.4, 0.5) is 11.4 Å². The van der Waals surface area contributed by atoms with Gasteiger partial charge in [0.1, 0.15) is 6.23 Å². The number of anilines is 2. The molecule has 0 saturated carbocycles. The molecule has 4 N–H and O–H groups in total. The van der Waals surface area contributed by atoms with E-state index in [-0.39, 0.29) is 36.9 Å². The van der Waals surface area contributed by atoms with Crippen LogP contribution in [0.3, 0.4) is 0 Å². The van der Waals surface area contributed by atoms with Crippen molar-refractivity contribution in [3.05, 3.63) is 59.2 Å². The molecule has 3 atom stereocenters. The summed E-state index contributed by atoms with van der Waals surface area (Å²) in [7, 11) is 0. The van der Waals surface area contributed by atoms with Crippen LogP contribution in [0.2, 0.25) is 0 Å². The highest BCUT2D eigenvalue weighted by Crippen LogP contribution is 2.42. The molecule has 2 aromatic rings. The molecule has 156 valence electrons. The highest BCUT2D eigenvalue weighted by atomic mass is 16.3. The molecule has 0 aliphatic carbocycles. The molecule has 1 aliphatic rings. The lowest BCUT2D eigenvalue weighted by Gasteiger charge is -2.43. The molecule has 1 heterocycles. The lowest BCUT2D eigenvalue weighted by Crippen LogP contribution is -2.50. The Balaban J connectivity index is 2.03. The minimum absolute atomic E-state index is 0.136. The van der Waals surface area contributed by atoms with Crippen molar-refractivity contribution >= 4 is 23.2 Å². The second-order valence-electron chi connectivity index (χ2n) is 7.23. The maximum absolute atomic E-state index is 12.4. The van der Waals surface area contributed by atoms with Crippen LogP contribution in [0.1, 0.15) is 41.4 Å². The second-order valence-corrected chi connectivity index (χ2v) is 7.23. The van der Waals surface area contributed by atoms with Gasteiger partial charge in [-0.15, -0.1) is 0 Å². The number of nitrogens with zero attached hydrogens (tertiary/aromatic N) is 2. The minimum Gasteiger partial charge on any atom is -0.395 e. The summed E-state index contributed by atoms with van der Waals surface area (Å²) < 4.78 is 0. The third-order valence-electron chi connectivity index (χ3n) is 5.22. The van der Waals surface area contributed by atoms with Gasteiger partial charge in [0, 0.05) is 30.6 Å². The van der Waals surface area contributed by atoms with Gasteiger partial charge >= 0.3 is 0 Å². The zero-order chi connectivity index (χ0) is 21.8. The molecule has 0 radical (unpaired) electrons. The Morgan fingerprint density at radius 2 is 1.90 bits per heavy atom. The first kappa shape index (κ1) is 21.3. The Labute approximate surface area is 174 Å². The van der Waals surface area contributed by atoms with Gasteiger partial charge in [-0.25, -0.2) is 0 Å². The molecule has 3 rings (SSSR count). The summed E-state index contributed by atoms with van der Waals surface area (Å²) in [6, 6.07) is 13.5. The fourth-order valence-corrected chi connectivity index (χ4v) is 3.65. The molecule has 0 bridgehead atoms. The largest absolute Gasteiger partial charge is 0.395 e. The second kappa shape index (κ2) is 8.95. The molecule has 2 aromatic carbocycles. The lowest BCUT2D eigenvalue weighted by atomic mass is 9.85. The van der Waals surface area contributed by atoms with Gasteiger partial charge in [-0.1, -0.05) is 6.92 Å². The molecule has 8 heteroatoms. The molecule has 8 nitrogen and oxygen atoms in total. The van der Waals surface area contributed by atoms with Crippen molar-refractivity contribution in [3.8, 4) is 6.07 Å². The number of carbonyl (C=O) groups excluding carboxylic acids is 2. The Hall–Kier alpha value is -3.41. The molecule has 0 fully saturated rings. The van der Waals surface area contributed by atoms with Crippen LogP contribution in [-0.4, -0.2) is 41.4 Å². The summed E-state index contributed by atoms with van der Waals surface area (Å²) in [4.78, 5) is 25.9. The van der Waals surface area contributed by atoms with E-state index in [1.807, 2.05) is 6.92 Å². The molecule has 0 unspecified atom stereocenters. The minimum atomic E-state index is -1.04. The number of amides is 2. The summed E-state index contributed by atoms with van der Waals surface area (Å²) in [5.41, 5.74) is 2.89. The van der Waals surface area contributed by atoms with E-state index in [9.17, 15) is 14.7 Å². The number of rotatable bonds is 5. The predicted octanol–water partition coefficient (Wildman–Crippen LogP) is 1.75. The first-order chi connectivity index (χ1) is 14.4. The molecule has 0 aromatic heterocycles. The molecular weight excluding hydrogens is 384 g/mol. The summed E-state index contributed by atoms with van der Waals surface area (Å²) in [6.07, 6.45) is -1.04. The molecular formula is C22H24N4O4. The summed E-state index contributed by atoms with van der Waals surface area (Å²) in [5, 5.41) is 34.7. The fraction of sp³-hybridized carbons (Fsp3) is 0.318. The van der Waals surface area contributed by atoms with Crippen molar-refractivity contribution in [1.29, 1.82) is 5.26 Å². The summed E-state index contributed by atoms with van der Waals surface area (Å²) in [5.74, 6) is -1.02. The average molecular weight is 408 g/mol. The van der Waals surface area contributed by atoms with Crippen LogP contribution in [0.25, 0.3) is 0 Å². The zero-order valence-corrected chi connectivity index (χ0v) is 16.8. The van der Waals surface area contributed by atoms with E-state index >= 15 is 0 Å². The van der Waals surface area contributed by atoms with Gasteiger partial charge in [-0.3, -0.25) is 14.5 Å². The number of fused-ring (bicyclic) bond motifs is 1. The molecule has 0 saturated heterocycles. The van der Waals surface area contributed by atoms with E-state index in [1.54, 1.807) is 42.5 Å². The van der Waals surface area contributed by atoms with Crippen molar-refractivity contribution < 1.29 is 19.8 Å². The van der Waals surface area contributed by atoms with E-state index in [4.69, 9.17) is 10.4 Å². The standard InChI is InChI=1S/C22H24N4O4/c1-13-20(25-17-6-3-15(12-23)4-7-17)18-11-16(21(29)24-9-10-27)5-8-19(18)26(14(2)28)22(13)30/h3-8,11,13,20,22,25,27,30H,9-10H2,1-2H3,(H,24,29)/t13-,20-,22+/m1/s1. The van der Waals surface area contributed by atoms with Crippen LogP contribution < -0.4 is 15.5 Å². The van der Waals surface area contributed by atoms with Crippen LogP contribution in [0.15, 0.2) is 42.5 Å². The highest BCUT2D eigenvalue weighted by Gasteiger charge is 2.40. The Morgan fingerprint density at radius 1 is 1.20 bits per heavy atom. The topological polar surface area (TPSA) is 126 Å². The van der Waals surface area contributed by atoms with Crippen molar-refractivity contribution in [2.24, 2.45) is 5.92 Å². The van der Waals surface area contributed by atoms with Crippen LogP contribution >= 0.6 is 0 Å². The van der Waals surface area contributed by atoms with E-state index in [0.29, 0.717) is 22.4 Å². The van der Waals surface area contributed by atoms with Crippen LogP contribution in [-0.2, 0) is 4.79 Å². The Bertz CT molecular complexity index is 984. The first-order valence-electron chi connectivity index (χ1n) is 9.65. The first-order valence-corrected chi connectivity index (χ1v) is 9.65. The number of hydrogen-bond acceptors (Lipinski definition) is 6. The number of carbonyl (C=O) groups is 2. The molecule has 0 spiro atoms. The SMILES string of the molecule is CC(=O)N1c2ccc(C(=O)NCCO)cc2[C@H](Nc2ccc(C#N)cc2)[C@@H](C)[C@@H]1O. The van der Waals surface area contributed by atoms with E-state index in [0.717, 1.165) is 5.69 Å². The van der Waals surface area contributed by atoms with Gasteiger partial charge in [-0.05, 0) is 48.0 Å². The fourth-order valence-electron chi connectivity index (χ4n) is 3.65. The van der Waals surface area contributed by atoms with E-state index < -0.39 is 6.23 Å². The normalized spacial score (nSPS) is 20.1. The van der Waals surface area contributed by atoms with Gasteiger partial charge in [0.2, 0.25) is 5.91 Å². The van der Waals surface area contributed by atoms with Crippen molar-refractivity contribution in [3.63, 3.8) is 0 Å². The Kier molecular flexibility index (Phi) is 6.35. The van der Waals surface area contributed by atoms with Crippen LogP contribution in [0, 0.1) is 17.2 Å². The number of nitriles is 1. The number of nitrogens with one attached hydrogen (secondary N) is 2. The third-order valence-corrected chi connectivity index (χ3v) is 5.22. The third kappa shape index (κ3) is 4.13. The number of benzene rings is 2. The van der Waals surface area contributed by atoms with Crippen molar-refractivity contribution in [2.75, 3.05) is 23.4 Å². The van der Waals surface area contributed by atoms with Gasteiger partial charge in [-0.2, -0.15) is 5.26 Å². The molecule has 2 amide bonds. The Morgan fingerprint density at radius 3 is 2.50 bits per heavy atom. The summed E-state index contributed by atoms with van der Waals surface area (Å²) in [6.45, 7) is 3.18. The van der Waals surface area contributed by atoms with Crippen molar-refractivity contribution in [1.82, 2.24) is 5.32 Å². The predicted molar refractivity (Wildman–Crippen MR) is 112 cm³/mol. The zero-order valence-electron chi connectivity index (χ0n) is 16.8. The number of aliphatic hydroxyl groups excluding tert-OH is 2. The van der Waals surface area contributed by atoms with Gasteiger partial charge in [0.25, 0.3) is 5.91 Å². The van der Waals surface area contributed by atoms with Gasteiger partial charge in [0.15, 0.2) is 0 Å². The highest BCUT2D eigenvalue weighted by molar-refractivity contribution is 5.97. The molecule has 1 aliphatic heterocycles. The monoisotopic (exact) mass is 408 g/mol. The quantitative estimate of drug-likeness (QED) is 0.597. The smallest absolute Gasteiger partial charge is 0.251 e. The van der Waals surface area contributed by atoms with Gasteiger partial charge in [0.05, 0.1) is 30.0 Å². The average Bonchev–Trinajstić information content (AvgIpc) is 2.75. The van der Waals surface area contributed by atoms with Crippen LogP contribution in [0.5, 0.6) is 0 Å². The van der Waals surface area contributed by atoms with E-state index in [2.05, 4.69) is 16.7 Å². The summed E-state index contributed by atoms with van der Waals surface area (Å²) >= 11 is 0. The molecule has 30 heavy (non-hydrogen) atoms.